The fraction of sp³-hybridized carbons (Fsp3) is 0.391. The Morgan fingerprint density at radius 1 is 0.672 bits per heavy atom. The maximum atomic E-state index is 12.8. The van der Waals surface area contributed by atoms with E-state index in [0.717, 1.165) is 59.1 Å². The van der Waals surface area contributed by atoms with E-state index in [1.165, 1.54) is 0 Å². The lowest BCUT2D eigenvalue weighted by atomic mass is 10.0. The molecule has 2 saturated heterocycles. The fourth-order valence-electron chi connectivity index (χ4n) is 7.79. The summed E-state index contributed by atoms with van der Waals surface area (Å²) in [4.78, 5) is 28.6. The number of aromatic nitrogens is 4. The lowest BCUT2D eigenvalue weighted by Crippen LogP contribution is -2.31. The zero-order valence-electron chi connectivity index (χ0n) is 35.8. The van der Waals surface area contributed by atoms with Crippen LogP contribution >= 0.6 is 31.9 Å². The van der Waals surface area contributed by atoms with Crippen molar-refractivity contribution in [1.29, 1.82) is 0 Å². The van der Waals surface area contributed by atoms with Crippen LogP contribution in [-0.2, 0) is 23.7 Å². The molecule has 324 valence electrons. The molecule has 0 aliphatic carbocycles. The van der Waals surface area contributed by atoms with Gasteiger partial charge in [-0.3, -0.25) is 19.0 Å². The quantitative estimate of drug-likeness (QED) is 0.138. The summed E-state index contributed by atoms with van der Waals surface area (Å²) in [6.07, 6.45) is 4.15. The van der Waals surface area contributed by atoms with Gasteiger partial charge >= 0.3 is 0 Å². The molecule has 0 saturated carbocycles. The SMILES string of the molecule is COc1ccc([C@H](C)N2C[C@H]([C@@H](C)Oc3cc(Br)cc4nn(C)cc34)CC2=O)cc1.COc1ccc([C@H](C)N2C[C@H]([C@H](C)O)CC2=O)cc1.Cn1cc2c(O)cc(Br)cc2n1. The molecule has 4 aromatic carbocycles. The molecule has 6 atom stereocenters. The number of carbonyl (C=O) groups excluding carboxylic acids is 2. The topological polar surface area (TPSA) is 144 Å². The van der Waals surface area contributed by atoms with Crippen molar-refractivity contribution < 1.29 is 34.0 Å². The molecular formula is C46H54Br2N6O7. The Balaban J connectivity index is 0.000000170. The van der Waals surface area contributed by atoms with Crippen molar-refractivity contribution >= 4 is 65.5 Å². The van der Waals surface area contributed by atoms with Gasteiger partial charge in [-0.25, -0.2) is 0 Å². The summed E-state index contributed by atoms with van der Waals surface area (Å²) in [6, 6.07) is 23.2. The van der Waals surface area contributed by atoms with Crippen molar-refractivity contribution in [3.63, 3.8) is 0 Å². The third-order valence-corrected chi connectivity index (χ3v) is 12.4. The highest BCUT2D eigenvalue weighted by molar-refractivity contribution is 9.10. The van der Waals surface area contributed by atoms with Crippen LogP contribution in [-0.4, -0.2) is 90.9 Å². The number of fused-ring (bicyclic) bond motifs is 2. The smallest absolute Gasteiger partial charge is 0.223 e. The van der Waals surface area contributed by atoms with E-state index in [1.807, 2.05) is 111 Å². The van der Waals surface area contributed by atoms with Crippen LogP contribution < -0.4 is 14.2 Å². The Bertz CT molecular complexity index is 2450. The highest BCUT2D eigenvalue weighted by Gasteiger charge is 2.37. The number of phenolic OH excluding ortho intramolecular Hbond substituents is 1. The number of rotatable bonds is 10. The van der Waals surface area contributed by atoms with Gasteiger partial charge in [0.1, 0.15) is 29.1 Å². The molecule has 2 N–H and O–H groups in total. The highest BCUT2D eigenvalue weighted by Crippen LogP contribution is 2.36. The summed E-state index contributed by atoms with van der Waals surface area (Å²) in [7, 11) is 7.01. The maximum absolute atomic E-state index is 12.8. The average Bonchev–Trinajstić information content (AvgIpc) is 4.02. The first-order chi connectivity index (χ1) is 29.0. The number of hydrogen-bond acceptors (Lipinski definition) is 9. The van der Waals surface area contributed by atoms with Crippen LogP contribution in [0.15, 0.2) is 94.1 Å². The van der Waals surface area contributed by atoms with Crippen LogP contribution in [0.3, 0.4) is 0 Å². The summed E-state index contributed by atoms with van der Waals surface area (Å²) in [5.74, 6) is 3.13. The van der Waals surface area contributed by atoms with E-state index in [1.54, 1.807) is 42.8 Å². The average molecular weight is 963 g/mol. The molecule has 2 aliphatic rings. The van der Waals surface area contributed by atoms with E-state index < -0.39 is 6.10 Å². The van der Waals surface area contributed by atoms with Crippen LogP contribution in [0.1, 0.15) is 63.7 Å². The molecule has 4 heterocycles. The van der Waals surface area contributed by atoms with E-state index >= 15 is 0 Å². The molecule has 2 aliphatic heterocycles. The molecule has 0 radical (unpaired) electrons. The van der Waals surface area contributed by atoms with Crippen molar-refractivity contribution in [2.45, 2.75) is 64.8 Å². The Hall–Kier alpha value is -5.12. The number of aromatic hydroxyl groups is 1. The van der Waals surface area contributed by atoms with Crippen molar-refractivity contribution in [2.24, 2.45) is 25.9 Å². The van der Waals surface area contributed by atoms with Gasteiger partial charge in [-0.2, -0.15) is 10.2 Å². The number of halogens is 2. The lowest BCUT2D eigenvalue weighted by molar-refractivity contribution is -0.130. The third-order valence-electron chi connectivity index (χ3n) is 11.5. The largest absolute Gasteiger partial charge is 0.507 e. The first-order valence-electron chi connectivity index (χ1n) is 20.2. The zero-order valence-corrected chi connectivity index (χ0v) is 38.9. The second-order valence-corrected chi connectivity index (χ2v) is 17.6. The molecule has 2 amide bonds. The second-order valence-electron chi connectivity index (χ2n) is 15.8. The summed E-state index contributed by atoms with van der Waals surface area (Å²) in [6.45, 7) is 9.19. The first-order valence-corrected chi connectivity index (χ1v) is 21.8. The molecule has 2 fully saturated rings. The monoisotopic (exact) mass is 960 g/mol. The number of carbonyl (C=O) groups is 2. The number of likely N-dealkylation sites (tertiary alicyclic amines) is 2. The molecule has 0 unspecified atom stereocenters. The number of hydrogen-bond donors (Lipinski definition) is 2. The zero-order chi connectivity index (χ0) is 44.1. The second kappa shape index (κ2) is 19.7. The number of phenols is 1. The maximum Gasteiger partial charge on any atom is 0.223 e. The van der Waals surface area contributed by atoms with Crippen LogP contribution in [0.5, 0.6) is 23.0 Å². The Morgan fingerprint density at radius 3 is 1.59 bits per heavy atom. The van der Waals surface area contributed by atoms with Gasteiger partial charge in [0.25, 0.3) is 0 Å². The van der Waals surface area contributed by atoms with Crippen molar-refractivity contribution in [3.05, 3.63) is 105 Å². The van der Waals surface area contributed by atoms with Gasteiger partial charge in [-0.05, 0) is 87.4 Å². The number of nitrogens with zero attached hydrogens (tertiary/aromatic N) is 6. The van der Waals surface area contributed by atoms with Crippen LogP contribution in [0.4, 0.5) is 0 Å². The first kappa shape index (κ1) is 45.4. The van der Waals surface area contributed by atoms with Gasteiger partial charge in [-0.15, -0.1) is 0 Å². The van der Waals surface area contributed by atoms with E-state index in [9.17, 15) is 19.8 Å². The summed E-state index contributed by atoms with van der Waals surface area (Å²) in [5.41, 5.74) is 3.86. The van der Waals surface area contributed by atoms with Gasteiger partial charge in [0.2, 0.25) is 11.8 Å². The van der Waals surface area contributed by atoms with E-state index in [4.69, 9.17) is 14.2 Å². The Labute approximate surface area is 373 Å². The van der Waals surface area contributed by atoms with Gasteiger partial charge in [-0.1, -0.05) is 56.1 Å². The van der Waals surface area contributed by atoms with Gasteiger partial charge in [0.15, 0.2) is 0 Å². The van der Waals surface area contributed by atoms with Crippen LogP contribution in [0.2, 0.25) is 0 Å². The predicted octanol–water partition coefficient (Wildman–Crippen LogP) is 8.75. The molecule has 8 rings (SSSR count). The van der Waals surface area contributed by atoms with E-state index in [2.05, 4.69) is 49.0 Å². The molecular weight excluding hydrogens is 908 g/mol. The molecule has 0 bridgehead atoms. The van der Waals surface area contributed by atoms with Gasteiger partial charge in [0, 0.05) is 73.2 Å². The standard InChI is InChI=1S/C23H26BrN3O3.C15H21NO3.C8H7BrN2O/c1-14(16-5-7-19(29-4)8-6-16)27-12-17(9-23(27)28)15(2)30-22-11-18(24)10-21-20(22)13-26(3)25-21;1-10(12-4-6-14(19-3)7-5-12)16-9-13(11(2)17)8-15(16)18;1-11-4-6-7(10-11)2-5(9)3-8(6)12/h5-8,10-11,13-15,17H,9,12H2,1-4H3;4-7,10-11,13,17H,8-9H2,1-3H3;2-4,12H,1H3/t14-,15+,17+;10-,11-,13+;/m00./s1. The molecule has 15 heteroatoms. The highest BCUT2D eigenvalue weighted by atomic mass is 79.9. The van der Waals surface area contributed by atoms with Crippen molar-refractivity contribution in [2.75, 3.05) is 27.3 Å². The van der Waals surface area contributed by atoms with Crippen LogP contribution in [0, 0.1) is 11.8 Å². The number of benzene rings is 4. The normalized spacial score (nSPS) is 18.3. The fourth-order valence-corrected chi connectivity index (χ4v) is 8.65. The number of aliphatic hydroxyl groups is 1. The lowest BCUT2D eigenvalue weighted by Gasteiger charge is -2.27. The summed E-state index contributed by atoms with van der Waals surface area (Å²) >= 11 is 6.82. The number of methoxy groups -OCH3 is 2. The minimum absolute atomic E-state index is 0.0107. The third kappa shape index (κ3) is 10.9. The van der Waals surface area contributed by atoms with E-state index in [0.29, 0.717) is 25.9 Å². The van der Waals surface area contributed by atoms with Crippen LogP contribution in [0.25, 0.3) is 21.8 Å². The molecule has 6 aromatic rings. The van der Waals surface area contributed by atoms with Crippen molar-refractivity contribution in [3.8, 4) is 23.0 Å². The Kier molecular flexibility index (Phi) is 14.7. The number of amides is 2. The molecule has 13 nitrogen and oxygen atoms in total. The van der Waals surface area contributed by atoms with Gasteiger partial charge < -0.3 is 34.2 Å². The molecule has 0 spiro atoms. The number of ether oxygens (including phenoxy) is 3. The minimum atomic E-state index is -0.433. The predicted molar refractivity (Wildman–Crippen MR) is 243 cm³/mol. The van der Waals surface area contributed by atoms with E-state index in [-0.39, 0.29) is 47.6 Å². The molecule has 61 heavy (non-hydrogen) atoms. The Morgan fingerprint density at radius 2 is 1.11 bits per heavy atom. The molecule has 2 aromatic heterocycles. The minimum Gasteiger partial charge on any atom is -0.507 e. The summed E-state index contributed by atoms with van der Waals surface area (Å²) in [5, 5.41) is 29.5. The van der Waals surface area contributed by atoms with Gasteiger partial charge in [0.05, 0.1) is 54.2 Å². The van der Waals surface area contributed by atoms with Crippen molar-refractivity contribution in [1.82, 2.24) is 29.4 Å². The number of aryl methyl sites for hydroxylation is 2. The number of aliphatic hydroxyl groups excluding tert-OH is 1. The summed E-state index contributed by atoms with van der Waals surface area (Å²) < 4.78 is 21.9.